The molecular weight excluding hydrogens is 210 g/mol. The van der Waals surface area contributed by atoms with Gasteiger partial charge in [0.2, 0.25) is 0 Å². The maximum atomic E-state index is 11.9. The molecule has 0 aromatic carbocycles. The van der Waals surface area contributed by atoms with Crippen LogP contribution in [0, 0.1) is 5.92 Å². The molecule has 0 bridgehead atoms. The highest BCUT2D eigenvalue weighted by Crippen LogP contribution is 2.32. The van der Waals surface area contributed by atoms with Gasteiger partial charge in [0.25, 0.3) is 5.91 Å². The van der Waals surface area contributed by atoms with Crippen LogP contribution in [0.4, 0.5) is 0 Å². The first kappa shape index (κ1) is 11.4. The summed E-state index contributed by atoms with van der Waals surface area (Å²) < 4.78 is 5.32. The van der Waals surface area contributed by atoms with Crippen LogP contribution in [0.25, 0.3) is 0 Å². The van der Waals surface area contributed by atoms with Crippen molar-refractivity contribution in [2.45, 2.75) is 37.8 Å². The van der Waals surface area contributed by atoms with Crippen LogP contribution < -0.4 is 0 Å². The van der Waals surface area contributed by atoms with E-state index >= 15 is 0 Å². The van der Waals surface area contributed by atoms with Gasteiger partial charge in [0.15, 0.2) is 0 Å². The van der Waals surface area contributed by atoms with Crippen molar-refractivity contribution in [3.63, 3.8) is 0 Å². The van der Waals surface area contributed by atoms with Crippen LogP contribution >= 0.6 is 0 Å². The lowest BCUT2D eigenvalue weighted by atomic mass is 9.79. The molecule has 16 heavy (non-hydrogen) atoms. The fourth-order valence-electron chi connectivity index (χ4n) is 2.29. The van der Waals surface area contributed by atoms with Crippen molar-refractivity contribution < 1.29 is 19.4 Å². The highest BCUT2D eigenvalue weighted by Gasteiger charge is 2.40. The highest BCUT2D eigenvalue weighted by molar-refractivity contribution is 5.81. The summed E-state index contributed by atoms with van der Waals surface area (Å²) >= 11 is 0. The molecule has 1 amide bonds. The number of ether oxygens (including phenoxy) is 1. The van der Waals surface area contributed by atoms with E-state index in [1.807, 2.05) is 0 Å². The van der Waals surface area contributed by atoms with Gasteiger partial charge in [-0.1, -0.05) is 0 Å². The molecule has 1 heterocycles. The van der Waals surface area contributed by atoms with E-state index in [2.05, 4.69) is 0 Å². The SMILES string of the molecule is CN(C(=O)C1CCCO1)C1CC(C(=O)O)C1. The quantitative estimate of drug-likeness (QED) is 0.761. The summed E-state index contributed by atoms with van der Waals surface area (Å²) in [5.74, 6) is -1.02. The number of likely N-dealkylation sites (N-methyl/N-ethyl adjacent to an activating group) is 1. The molecule has 1 N–H and O–H groups in total. The number of carboxylic acids is 1. The average molecular weight is 227 g/mol. The molecule has 5 nitrogen and oxygen atoms in total. The van der Waals surface area contributed by atoms with E-state index in [0.29, 0.717) is 19.4 Å². The molecule has 1 saturated heterocycles. The Morgan fingerprint density at radius 1 is 1.38 bits per heavy atom. The lowest BCUT2D eigenvalue weighted by Crippen LogP contribution is -2.50. The third-order valence-corrected chi connectivity index (χ3v) is 3.56. The molecule has 0 spiro atoms. The van der Waals surface area contributed by atoms with Crippen molar-refractivity contribution in [2.24, 2.45) is 5.92 Å². The molecule has 1 aliphatic carbocycles. The standard InChI is InChI=1S/C11H17NO4/c1-12(8-5-7(6-8)11(14)15)10(13)9-3-2-4-16-9/h7-9H,2-6H2,1H3,(H,14,15). The molecule has 1 aliphatic heterocycles. The van der Waals surface area contributed by atoms with Crippen LogP contribution in [0.5, 0.6) is 0 Å². The lowest BCUT2D eigenvalue weighted by molar-refractivity contribution is -0.153. The molecule has 1 unspecified atom stereocenters. The van der Waals surface area contributed by atoms with Crippen LogP contribution in [0.3, 0.4) is 0 Å². The topological polar surface area (TPSA) is 66.8 Å². The molecule has 1 saturated carbocycles. The van der Waals surface area contributed by atoms with Crippen molar-refractivity contribution in [3.05, 3.63) is 0 Å². The highest BCUT2D eigenvalue weighted by atomic mass is 16.5. The first-order chi connectivity index (χ1) is 7.59. The second-order valence-electron chi connectivity index (χ2n) is 4.61. The van der Waals surface area contributed by atoms with E-state index in [-0.39, 0.29) is 24.0 Å². The number of aliphatic carboxylic acids is 1. The van der Waals surface area contributed by atoms with Crippen LogP contribution in [0.15, 0.2) is 0 Å². The van der Waals surface area contributed by atoms with Crippen molar-refractivity contribution in [2.75, 3.05) is 13.7 Å². The largest absolute Gasteiger partial charge is 0.481 e. The molecule has 5 heteroatoms. The Morgan fingerprint density at radius 3 is 2.56 bits per heavy atom. The molecular formula is C11H17NO4. The summed E-state index contributed by atoms with van der Waals surface area (Å²) in [7, 11) is 1.74. The van der Waals surface area contributed by atoms with Gasteiger partial charge in [0, 0.05) is 19.7 Å². The average Bonchev–Trinajstić information content (AvgIpc) is 2.65. The van der Waals surface area contributed by atoms with Gasteiger partial charge in [-0.25, -0.2) is 0 Å². The fraction of sp³-hybridized carbons (Fsp3) is 0.818. The first-order valence-electron chi connectivity index (χ1n) is 5.70. The molecule has 90 valence electrons. The number of carbonyl (C=O) groups excluding carboxylic acids is 1. The summed E-state index contributed by atoms with van der Waals surface area (Å²) in [6, 6.07) is 0.0813. The van der Waals surface area contributed by atoms with E-state index in [1.54, 1.807) is 11.9 Å². The maximum absolute atomic E-state index is 11.9. The van der Waals surface area contributed by atoms with Gasteiger partial charge in [-0.2, -0.15) is 0 Å². The molecule has 0 aromatic rings. The van der Waals surface area contributed by atoms with Gasteiger partial charge in [-0.15, -0.1) is 0 Å². The Hall–Kier alpha value is -1.10. The number of carbonyl (C=O) groups is 2. The number of nitrogens with zero attached hydrogens (tertiary/aromatic N) is 1. The van der Waals surface area contributed by atoms with Gasteiger partial charge >= 0.3 is 5.97 Å². The third kappa shape index (κ3) is 2.04. The lowest BCUT2D eigenvalue weighted by Gasteiger charge is -2.39. The predicted octanol–water partition coefficient (Wildman–Crippen LogP) is 0.487. The monoisotopic (exact) mass is 227 g/mol. The summed E-state index contributed by atoms with van der Waals surface area (Å²) in [5, 5.41) is 8.75. The first-order valence-corrected chi connectivity index (χ1v) is 5.70. The normalized spacial score (nSPS) is 33.2. The van der Waals surface area contributed by atoms with Gasteiger partial charge in [0.05, 0.1) is 5.92 Å². The van der Waals surface area contributed by atoms with Crippen LogP contribution in [0.1, 0.15) is 25.7 Å². The van der Waals surface area contributed by atoms with Crippen molar-refractivity contribution in [3.8, 4) is 0 Å². The zero-order chi connectivity index (χ0) is 11.7. The van der Waals surface area contributed by atoms with Gasteiger partial charge < -0.3 is 14.7 Å². The number of carboxylic acid groups (broad SMARTS) is 1. The van der Waals surface area contributed by atoms with E-state index in [4.69, 9.17) is 9.84 Å². The maximum Gasteiger partial charge on any atom is 0.306 e. The molecule has 2 rings (SSSR count). The van der Waals surface area contributed by atoms with E-state index in [1.165, 1.54) is 0 Å². The molecule has 2 aliphatic rings. The minimum absolute atomic E-state index is 0.00587. The second-order valence-corrected chi connectivity index (χ2v) is 4.61. The van der Waals surface area contributed by atoms with E-state index in [9.17, 15) is 9.59 Å². The Kier molecular flexibility index (Phi) is 3.14. The number of amides is 1. The van der Waals surface area contributed by atoms with Gasteiger partial charge in [-0.3, -0.25) is 9.59 Å². The summed E-state index contributed by atoms with van der Waals surface area (Å²) in [5.41, 5.74) is 0. The second kappa shape index (κ2) is 4.41. The smallest absolute Gasteiger partial charge is 0.306 e. The number of rotatable bonds is 3. The summed E-state index contributed by atoms with van der Waals surface area (Å²) in [6.07, 6.45) is 2.58. The van der Waals surface area contributed by atoms with Crippen molar-refractivity contribution in [1.29, 1.82) is 0 Å². The molecule has 0 aromatic heterocycles. The van der Waals surface area contributed by atoms with Crippen LogP contribution in [-0.2, 0) is 14.3 Å². The van der Waals surface area contributed by atoms with Crippen molar-refractivity contribution in [1.82, 2.24) is 4.90 Å². The Balaban J connectivity index is 1.82. The Bertz CT molecular complexity index is 292. The molecule has 0 radical (unpaired) electrons. The van der Waals surface area contributed by atoms with Gasteiger partial charge in [0.1, 0.15) is 6.10 Å². The van der Waals surface area contributed by atoms with Gasteiger partial charge in [-0.05, 0) is 25.7 Å². The third-order valence-electron chi connectivity index (χ3n) is 3.56. The van der Waals surface area contributed by atoms with Crippen LogP contribution in [0.2, 0.25) is 0 Å². The predicted molar refractivity (Wildman–Crippen MR) is 55.9 cm³/mol. The number of hydrogen-bond acceptors (Lipinski definition) is 3. The van der Waals surface area contributed by atoms with E-state index in [0.717, 1.165) is 12.8 Å². The zero-order valence-electron chi connectivity index (χ0n) is 9.39. The minimum Gasteiger partial charge on any atom is -0.481 e. The zero-order valence-corrected chi connectivity index (χ0v) is 9.39. The number of hydrogen-bond donors (Lipinski definition) is 1. The van der Waals surface area contributed by atoms with Crippen LogP contribution in [-0.4, -0.2) is 47.7 Å². The fourth-order valence-corrected chi connectivity index (χ4v) is 2.29. The van der Waals surface area contributed by atoms with Crippen molar-refractivity contribution >= 4 is 11.9 Å². The summed E-state index contributed by atoms with van der Waals surface area (Å²) in [4.78, 5) is 24.2. The minimum atomic E-state index is -0.755. The molecule has 1 atom stereocenters. The Morgan fingerprint density at radius 2 is 2.06 bits per heavy atom. The summed E-state index contributed by atoms with van der Waals surface area (Å²) in [6.45, 7) is 0.659. The van der Waals surface area contributed by atoms with E-state index < -0.39 is 5.97 Å². The molecule has 2 fully saturated rings. The Labute approximate surface area is 94.4 Å².